The van der Waals surface area contributed by atoms with Gasteiger partial charge in [0.15, 0.2) is 0 Å². The molecule has 0 fully saturated rings. The fourth-order valence-electron chi connectivity index (χ4n) is 1.70. The van der Waals surface area contributed by atoms with Gasteiger partial charge in [0, 0.05) is 12.5 Å². The Balaban J connectivity index is 2.86. The van der Waals surface area contributed by atoms with Crippen molar-refractivity contribution in [3.05, 3.63) is 11.7 Å². The van der Waals surface area contributed by atoms with Crippen LogP contribution in [0.5, 0.6) is 0 Å². The molecule has 1 aromatic heterocycles. The Morgan fingerprint density at radius 2 is 1.84 bits per heavy atom. The molecule has 0 bridgehead atoms. The van der Waals surface area contributed by atoms with E-state index in [0.717, 1.165) is 0 Å². The lowest BCUT2D eigenvalue weighted by Gasteiger charge is -2.26. The minimum absolute atomic E-state index is 0.0763. The summed E-state index contributed by atoms with van der Waals surface area (Å²) in [5.74, 6) is 0.917. The molecule has 1 unspecified atom stereocenters. The van der Waals surface area contributed by atoms with Gasteiger partial charge in [0.05, 0.1) is 6.42 Å². The number of rotatable bonds is 4. The smallest absolute Gasteiger partial charge is 0.234 e. The van der Waals surface area contributed by atoms with E-state index in [9.17, 15) is 4.79 Å². The third kappa shape index (κ3) is 4.13. The van der Waals surface area contributed by atoms with Crippen LogP contribution in [0.25, 0.3) is 0 Å². The predicted molar refractivity (Wildman–Crippen MR) is 71.7 cm³/mol. The van der Waals surface area contributed by atoms with Crippen LogP contribution >= 0.6 is 0 Å². The normalized spacial score (nSPS) is 14.5. The van der Waals surface area contributed by atoms with Crippen LogP contribution in [-0.4, -0.2) is 23.0 Å². The van der Waals surface area contributed by atoms with Gasteiger partial charge in [0.25, 0.3) is 0 Å². The summed E-state index contributed by atoms with van der Waals surface area (Å²) in [6.45, 7) is 11.7. The number of ether oxygens (including phenoxy) is 1. The summed E-state index contributed by atoms with van der Waals surface area (Å²) in [5, 5.41) is 3.93. The molecule has 0 saturated heterocycles. The molecule has 0 N–H and O–H groups in total. The Bertz CT molecular complexity index is 438. The quantitative estimate of drug-likeness (QED) is 0.840. The molecule has 0 radical (unpaired) electrons. The maximum atomic E-state index is 11.9. The Morgan fingerprint density at radius 3 is 2.26 bits per heavy atom. The van der Waals surface area contributed by atoms with Gasteiger partial charge in [-0.05, 0) is 5.41 Å². The molecule has 1 rings (SSSR count). The van der Waals surface area contributed by atoms with E-state index in [0.29, 0.717) is 11.7 Å². The summed E-state index contributed by atoms with van der Waals surface area (Å²) in [5.41, 5.74) is -0.538. The number of carbonyl (C=O) groups is 1. The van der Waals surface area contributed by atoms with E-state index >= 15 is 0 Å². The maximum Gasteiger partial charge on any atom is 0.234 e. The highest BCUT2D eigenvalue weighted by molar-refractivity contribution is 5.84. The maximum absolute atomic E-state index is 11.9. The highest BCUT2D eigenvalue weighted by Gasteiger charge is 2.31. The molecule has 0 aliphatic rings. The largest absolute Gasteiger partial charge is 0.373 e. The number of ketones is 1. The van der Waals surface area contributed by atoms with Crippen LogP contribution in [0.4, 0.5) is 0 Å². The highest BCUT2D eigenvalue weighted by atomic mass is 16.5. The zero-order chi connectivity index (χ0) is 14.8. The van der Waals surface area contributed by atoms with Crippen molar-refractivity contribution in [3.63, 3.8) is 0 Å². The predicted octanol–water partition coefficient (Wildman–Crippen LogP) is 2.96. The van der Waals surface area contributed by atoms with E-state index in [-0.39, 0.29) is 23.7 Å². The lowest BCUT2D eigenvalue weighted by atomic mass is 9.88. The zero-order valence-corrected chi connectivity index (χ0v) is 12.9. The molecule has 1 aromatic rings. The Morgan fingerprint density at radius 1 is 1.26 bits per heavy atom. The van der Waals surface area contributed by atoms with Gasteiger partial charge in [-0.3, -0.25) is 4.79 Å². The fourth-order valence-corrected chi connectivity index (χ4v) is 1.70. The van der Waals surface area contributed by atoms with Crippen LogP contribution in [0.1, 0.15) is 59.4 Å². The number of carbonyl (C=O) groups excluding carboxylic acids is 1. The monoisotopic (exact) mass is 268 g/mol. The SMILES string of the molecule is COC(c1noc(CC(=O)C(C)(C)C)n1)C(C)(C)C. The molecule has 0 aliphatic carbocycles. The van der Waals surface area contributed by atoms with Gasteiger partial charge in [-0.1, -0.05) is 46.7 Å². The van der Waals surface area contributed by atoms with Gasteiger partial charge in [-0.25, -0.2) is 0 Å². The van der Waals surface area contributed by atoms with Gasteiger partial charge >= 0.3 is 0 Å². The van der Waals surface area contributed by atoms with E-state index in [1.165, 1.54) is 0 Å². The average Bonchev–Trinajstić information content (AvgIpc) is 2.63. The van der Waals surface area contributed by atoms with Crippen LogP contribution in [-0.2, 0) is 16.0 Å². The number of hydrogen-bond acceptors (Lipinski definition) is 5. The topological polar surface area (TPSA) is 65.2 Å². The second-order valence-electron chi connectivity index (χ2n) is 6.88. The number of Topliss-reactive ketones (excluding diaryl/α,β-unsaturated/α-hetero) is 1. The Labute approximate surface area is 114 Å². The molecule has 1 heterocycles. The molecule has 0 saturated carbocycles. The Hall–Kier alpha value is -1.23. The van der Waals surface area contributed by atoms with Crippen molar-refractivity contribution >= 4 is 5.78 Å². The summed E-state index contributed by atoms with van der Waals surface area (Å²) in [6, 6.07) is 0. The number of hydrogen-bond donors (Lipinski definition) is 0. The Kier molecular flexibility index (Phi) is 4.50. The van der Waals surface area contributed by atoms with Crippen molar-refractivity contribution in [2.75, 3.05) is 7.11 Å². The van der Waals surface area contributed by atoms with E-state index in [1.54, 1.807) is 7.11 Å². The number of nitrogens with zero attached hydrogens (tertiary/aromatic N) is 2. The van der Waals surface area contributed by atoms with Crippen molar-refractivity contribution < 1.29 is 14.1 Å². The lowest BCUT2D eigenvalue weighted by Crippen LogP contribution is -2.23. The minimum Gasteiger partial charge on any atom is -0.373 e. The van der Waals surface area contributed by atoms with Gasteiger partial charge in [-0.15, -0.1) is 0 Å². The summed E-state index contributed by atoms with van der Waals surface area (Å²) < 4.78 is 10.6. The van der Waals surface area contributed by atoms with Crippen LogP contribution in [0, 0.1) is 10.8 Å². The molecule has 0 amide bonds. The molecule has 5 heteroatoms. The molecule has 1 atom stereocenters. The van der Waals surface area contributed by atoms with Gasteiger partial charge < -0.3 is 9.26 Å². The van der Waals surface area contributed by atoms with Crippen molar-refractivity contribution in [1.82, 2.24) is 10.1 Å². The molecule has 5 nitrogen and oxygen atoms in total. The van der Waals surface area contributed by atoms with Crippen molar-refractivity contribution in [2.45, 2.75) is 54.1 Å². The second kappa shape index (κ2) is 5.41. The fraction of sp³-hybridized carbons (Fsp3) is 0.786. The van der Waals surface area contributed by atoms with Crippen molar-refractivity contribution in [3.8, 4) is 0 Å². The molecule has 19 heavy (non-hydrogen) atoms. The van der Waals surface area contributed by atoms with E-state index in [1.807, 2.05) is 41.5 Å². The first kappa shape index (κ1) is 15.8. The van der Waals surface area contributed by atoms with Crippen molar-refractivity contribution in [2.24, 2.45) is 10.8 Å². The lowest BCUT2D eigenvalue weighted by molar-refractivity contribution is -0.125. The zero-order valence-electron chi connectivity index (χ0n) is 12.9. The minimum atomic E-state index is -0.403. The molecule has 0 aromatic carbocycles. The first-order chi connectivity index (χ1) is 8.55. The molecular weight excluding hydrogens is 244 g/mol. The van der Waals surface area contributed by atoms with Crippen LogP contribution in [0.15, 0.2) is 4.52 Å². The summed E-state index contributed by atoms with van der Waals surface area (Å²) in [7, 11) is 1.62. The van der Waals surface area contributed by atoms with Crippen LogP contribution in [0.2, 0.25) is 0 Å². The highest BCUT2D eigenvalue weighted by Crippen LogP contribution is 2.33. The van der Waals surface area contributed by atoms with Gasteiger partial charge in [0.2, 0.25) is 11.7 Å². The van der Waals surface area contributed by atoms with Gasteiger partial charge in [0.1, 0.15) is 11.9 Å². The first-order valence-corrected chi connectivity index (χ1v) is 6.44. The molecule has 0 spiro atoms. The molecule has 108 valence electrons. The first-order valence-electron chi connectivity index (χ1n) is 6.44. The van der Waals surface area contributed by atoms with E-state index in [4.69, 9.17) is 9.26 Å². The number of methoxy groups -OCH3 is 1. The third-order valence-corrected chi connectivity index (χ3v) is 2.89. The average molecular weight is 268 g/mol. The summed E-state index contributed by atoms with van der Waals surface area (Å²) in [4.78, 5) is 16.2. The van der Waals surface area contributed by atoms with Crippen LogP contribution < -0.4 is 0 Å². The van der Waals surface area contributed by atoms with Gasteiger partial charge in [-0.2, -0.15) is 4.98 Å². The van der Waals surface area contributed by atoms with E-state index < -0.39 is 5.41 Å². The number of aromatic nitrogens is 2. The third-order valence-electron chi connectivity index (χ3n) is 2.89. The standard InChI is InChI=1S/C14H24N2O3/c1-13(2,3)9(17)8-10-15-12(16-19-10)11(18-7)14(4,5)6/h11H,8H2,1-7H3. The summed E-state index contributed by atoms with van der Waals surface area (Å²) >= 11 is 0. The van der Waals surface area contributed by atoms with E-state index in [2.05, 4.69) is 10.1 Å². The van der Waals surface area contributed by atoms with Crippen molar-refractivity contribution in [1.29, 1.82) is 0 Å². The summed E-state index contributed by atoms with van der Waals surface area (Å²) in [6.07, 6.45) is -0.0911. The van der Waals surface area contributed by atoms with Crippen LogP contribution in [0.3, 0.4) is 0 Å². The second-order valence-corrected chi connectivity index (χ2v) is 6.88. The molecular formula is C14H24N2O3. The molecule has 0 aliphatic heterocycles.